The van der Waals surface area contributed by atoms with E-state index in [0.717, 1.165) is 29.4 Å². The molecule has 0 unspecified atom stereocenters. The van der Waals surface area contributed by atoms with Gasteiger partial charge >= 0.3 is 0 Å². The van der Waals surface area contributed by atoms with E-state index in [0.29, 0.717) is 44.7 Å². The first-order valence-electron chi connectivity index (χ1n) is 9.15. The predicted octanol–water partition coefficient (Wildman–Crippen LogP) is 7.38. The van der Waals surface area contributed by atoms with Gasteiger partial charge in [-0.2, -0.15) is 0 Å². The van der Waals surface area contributed by atoms with Gasteiger partial charge < -0.3 is 9.30 Å². The lowest BCUT2D eigenvalue weighted by atomic mass is 10.2. The van der Waals surface area contributed by atoms with Crippen LogP contribution in [0.15, 0.2) is 54.2 Å². The molecule has 0 saturated carbocycles. The van der Waals surface area contributed by atoms with E-state index in [4.69, 9.17) is 51.1 Å². The molecule has 1 heterocycles. The topological polar surface area (TPSA) is 39.9 Å². The van der Waals surface area contributed by atoms with Crippen molar-refractivity contribution in [1.82, 2.24) is 14.8 Å². The quantitative estimate of drug-likeness (QED) is 0.164. The Morgan fingerprint density at radius 2 is 1.83 bits per heavy atom. The zero-order valence-electron chi connectivity index (χ0n) is 16.0. The van der Waals surface area contributed by atoms with Gasteiger partial charge in [0, 0.05) is 23.7 Å². The maximum atomic E-state index is 6.13. The van der Waals surface area contributed by atoms with E-state index in [1.54, 1.807) is 36.0 Å². The van der Waals surface area contributed by atoms with Crippen molar-refractivity contribution in [3.8, 4) is 5.75 Å². The van der Waals surface area contributed by atoms with Crippen LogP contribution in [0.1, 0.15) is 17.8 Å². The average Bonchev–Trinajstić information content (AvgIpc) is 3.09. The molecule has 30 heavy (non-hydrogen) atoms. The van der Waals surface area contributed by atoms with Gasteiger partial charge in [0.1, 0.15) is 11.6 Å². The third kappa shape index (κ3) is 6.32. The Kier molecular flexibility index (Phi) is 8.78. The maximum absolute atomic E-state index is 6.13. The number of nitrogens with zero attached hydrogens (tertiary/aromatic N) is 3. The standard InChI is InChI=1S/C21H19Cl4N3OS/c1-2-9-28-20(4-3-10-29-19-8-6-15(22)12-18(19)25)26-27-21(28)30-13-14-5-7-16(23)17(24)11-14/h2,5-8,11-12H,1,3-4,9-10,13H2. The highest BCUT2D eigenvalue weighted by molar-refractivity contribution is 7.98. The number of aromatic nitrogens is 3. The lowest BCUT2D eigenvalue weighted by Gasteiger charge is -2.10. The summed E-state index contributed by atoms with van der Waals surface area (Å²) in [6.45, 7) is 4.99. The molecular weight excluding hydrogens is 484 g/mol. The van der Waals surface area contributed by atoms with Crippen LogP contribution in [-0.4, -0.2) is 21.4 Å². The molecule has 0 aliphatic heterocycles. The number of allylic oxidation sites excluding steroid dienone is 1. The molecule has 0 aliphatic carbocycles. The summed E-state index contributed by atoms with van der Waals surface area (Å²) in [6, 6.07) is 10.8. The number of ether oxygens (including phenoxy) is 1. The first kappa shape index (κ1) is 23.3. The summed E-state index contributed by atoms with van der Waals surface area (Å²) in [4.78, 5) is 0. The van der Waals surface area contributed by atoms with Crippen molar-refractivity contribution >= 4 is 58.2 Å². The van der Waals surface area contributed by atoms with Crippen LogP contribution in [0.3, 0.4) is 0 Å². The third-order valence-electron chi connectivity index (χ3n) is 4.15. The molecule has 0 radical (unpaired) electrons. The lowest BCUT2D eigenvalue weighted by molar-refractivity contribution is 0.309. The summed E-state index contributed by atoms with van der Waals surface area (Å²) in [7, 11) is 0. The highest BCUT2D eigenvalue weighted by Gasteiger charge is 2.12. The highest BCUT2D eigenvalue weighted by Crippen LogP contribution is 2.29. The monoisotopic (exact) mass is 501 g/mol. The van der Waals surface area contributed by atoms with E-state index in [1.807, 2.05) is 18.2 Å². The van der Waals surface area contributed by atoms with Crippen molar-refractivity contribution in [2.75, 3.05) is 6.61 Å². The normalized spacial score (nSPS) is 10.9. The second-order valence-electron chi connectivity index (χ2n) is 6.36. The molecule has 0 fully saturated rings. The van der Waals surface area contributed by atoms with Crippen LogP contribution in [0.2, 0.25) is 20.1 Å². The van der Waals surface area contributed by atoms with Crippen molar-refractivity contribution in [3.63, 3.8) is 0 Å². The van der Waals surface area contributed by atoms with Crippen LogP contribution in [0.5, 0.6) is 5.75 Å². The summed E-state index contributed by atoms with van der Waals surface area (Å²) in [5.41, 5.74) is 1.07. The second-order valence-corrected chi connectivity index (χ2v) is 8.96. The van der Waals surface area contributed by atoms with Crippen LogP contribution in [0.25, 0.3) is 0 Å². The van der Waals surface area contributed by atoms with Gasteiger partial charge in [-0.15, -0.1) is 16.8 Å². The Balaban J connectivity index is 1.57. The Morgan fingerprint density at radius 1 is 1.00 bits per heavy atom. The Labute approximate surface area is 200 Å². The van der Waals surface area contributed by atoms with Gasteiger partial charge in [-0.1, -0.05) is 70.3 Å². The molecule has 3 rings (SSSR count). The largest absolute Gasteiger partial charge is 0.492 e. The lowest BCUT2D eigenvalue weighted by Crippen LogP contribution is -2.07. The summed E-state index contributed by atoms with van der Waals surface area (Å²) in [5, 5.41) is 11.7. The minimum Gasteiger partial charge on any atom is -0.492 e. The predicted molar refractivity (Wildman–Crippen MR) is 127 cm³/mol. The Morgan fingerprint density at radius 3 is 2.57 bits per heavy atom. The summed E-state index contributed by atoms with van der Waals surface area (Å²) < 4.78 is 7.81. The number of hydrogen-bond acceptors (Lipinski definition) is 4. The SMILES string of the molecule is C=CCn1c(CCCOc2ccc(Cl)cc2Cl)nnc1SCc1ccc(Cl)c(Cl)c1. The fraction of sp³-hybridized carbons (Fsp3) is 0.238. The molecule has 9 heteroatoms. The van der Waals surface area contributed by atoms with Crippen LogP contribution in [-0.2, 0) is 18.7 Å². The van der Waals surface area contributed by atoms with Gasteiger partial charge in [0.2, 0.25) is 0 Å². The molecule has 2 aromatic carbocycles. The number of hydrogen-bond donors (Lipinski definition) is 0. The van der Waals surface area contributed by atoms with Crippen LogP contribution in [0, 0.1) is 0 Å². The van der Waals surface area contributed by atoms with Gasteiger partial charge in [0.25, 0.3) is 0 Å². The number of benzene rings is 2. The van der Waals surface area contributed by atoms with Crippen molar-refractivity contribution < 1.29 is 4.74 Å². The van der Waals surface area contributed by atoms with Crippen LogP contribution < -0.4 is 4.74 Å². The van der Waals surface area contributed by atoms with E-state index >= 15 is 0 Å². The Hall–Kier alpha value is -1.37. The van der Waals surface area contributed by atoms with Crippen molar-refractivity contribution in [3.05, 3.63) is 80.5 Å². The van der Waals surface area contributed by atoms with Gasteiger partial charge in [-0.25, -0.2) is 0 Å². The molecule has 0 bridgehead atoms. The number of rotatable bonds is 10. The molecule has 0 spiro atoms. The summed E-state index contributed by atoms with van der Waals surface area (Å²) in [5.74, 6) is 2.22. The fourth-order valence-corrected chi connectivity index (χ4v) is 4.40. The minimum atomic E-state index is 0.498. The minimum absolute atomic E-state index is 0.498. The van der Waals surface area contributed by atoms with E-state index < -0.39 is 0 Å². The molecule has 0 saturated heterocycles. The van der Waals surface area contributed by atoms with E-state index in [1.165, 1.54) is 0 Å². The molecule has 0 amide bonds. The van der Waals surface area contributed by atoms with Crippen molar-refractivity contribution in [2.45, 2.75) is 30.3 Å². The number of thioether (sulfide) groups is 1. The van der Waals surface area contributed by atoms with Crippen LogP contribution in [0.4, 0.5) is 0 Å². The van der Waals surface area contributed by atoms with E-state index in [9.17, 15) is 0 Å². The molecule has 3 aromatic rings. The smallest absolute Gasteiger partial charge is 0.191 e. The van der Waals surface area contributed by atoms with Gasteiger partial charge in [-0.05, 0) is 42.3 Å². The number of aryl methyl sites for hydroxylation is 1. The van der Waals surface area contributed by atoms with Crippen molar-refractivity contribution in [2.24, 2.45) is 0 Å². The average molecular weight is 503 g/mol. The molecule has 0 N–H and O–H groups in total. The zero-order valence-corrected chi connectivity index (χ0v) is 19.8. The maximum Gasteiger partial charge on any atom is 0.191 e. The first-order chi connectivity index (χ1) is 14.5. The highest BCUT2D eigenvalue weighted by atomic mass is 35.5. The second kappa shape index (κ2) is 11.3. The molecular formula is C21H19Cl4N3OS. The Bertz CT molecular complexity index is 1030. The molecule has 158 valence electrons. The summed E-state index contributed by atoms with van der Waals surface area (Å²) in [6.07, 6.45) is 3.32. The van der Waals surface area contributed by atoms with E-state index in [2.05, 4.69) is 21.3 Å². The molecule has 0 aliphatic rings. The first-order valence-corrected chi connectivity index (χ1v) is 11.6. The van der Waals surface area contributed by atoms with Gasteiger partial charge in [-0.3, -0.25) is 0 Å². The van der Waals surface area contributed by atoms with Crippen molar-refractivity contribution in [1.29, 1.82) is 0 Å². The molecule has 1 aromatic heterocycles. The number of halogens is 4. The fourth-order valence-electron chi connectivity index (χ4n) is 2.71. The van der Waals surface area contributed by atoms with Crippen LogP contribution >= 0.6 is 58.2 Å². The molecule has 0 atom stereocenters. The molecule has 4 nitrogen and oxygen atoms in total. The summed E-state index contributed by atoms with van der Waals surface area (Å²) >= 11 is 25.7. The van der Waals surface area contributed by atoms with Gasteiger partial charge in [0.15, 0.2) is 5.16 Å². The van der Waals surface area contributed by atoms with E-state index in [-0.39, 0.29) is 0 Å². The van der Waals surface area contributed by atoms with Gasteiger partial charge in [0.05, 0.1) is 21.7 Å². The zero-order chi connectivity index (χ0) is 21.5. The third-order valence-corrected chi connectivity index (χ3v) is 6.46.